The van der Waals surface area contributed by atoms with E-state index < -0.39 is 32.4 Å². The normalized spacial score (nSPS) is 17.9. The summed E-state index contributed by atoms with van der Waals surface area (Å²) in [6, 6.07) is 4.66. The molecule has 1 heterocycles. The molecule has 2 aromatic carbocycles. The molecule has 1 saturated heterocycles. The summed E-state index contributed by atoms with van der Waals surface area (Å²) in [4.78, 5) is 0.810. The Morgan fingerprint density at radius 3 is 2.44 bits per heavy atom. The van der Waals surface area contributed by atoms with Gasteiger partial charge in [-0.1, -0.05) is 11.6 Å². The lowest BCUT2D eigenvalue weighted by Gasteiger charge is -2.16. The highest BCUT2D eigenvalue weighted by Gasteiger charge is 2.26. The summed E-state index contributed by atoms with van der Waals surface area (Å²) in [5.41, 5.74) is 0.00359. The van der Waals surface area contributed by atoms with Gasteiger partial charge in [0.15, 0.2) is 4.90 Å². The number of sulfonamides is 1. The van der Waals surface area contributed by atoms with E-state index in [1.807, 2.05) is 7.05 Å². The maximum atomic E-state index is 13.8. The first-order valence-electron chi connectivity index (χ1n) is 7.98. The van der Waals surface area contributed by atoms with E-state index >= 15 is 0 Å². The zero-order chi connectivity index (χ0) is 19.8. The van der Waals surface area contributed by atoms with Crippen molar-refractivity contribution < 1.29 is 26.3 Å². The van der Waals surface area contributed by atoms with E-state index in [1.54, 1.807) is 0 Å². The van der Waals surface area contributed by atoms with Gasteiger partial charge in [-0.3, -0.25) is 4.72 Å². The van der Waals surface area contributed by atoms with Crippen molar-refractivity contribution in [2.24, 2.45) is 0 Å². The molecular weight excluding hydrogens is 405 g/mol. The molecule has 1 N–H and O–H groups in total. The lowest BCUT2D eigenvalue weighted by molar-refractivity contribution is 0.208. The largest absolute Gasteiger partial charge is 0.487 e. The van der Waals surface area contributed by atoms with Gasteiger partial charge in [-0.25, -0.2) is 21.6 Å². The summed E-state index contributed by atoms with van der Waals surface area (Å²) >= 11 is 6.09. The van der Waals surface area contributed by atoms with Crippen LogP contribution in [0.25, 0.3) is 0 Å². The molecule has 0 bridgehead atoms. The second-order valence-electron chi connectivity index (χ2n) is 6.24. The molecule has 146 valence electrons. The Bertz CT molecular complexity index is 949. The number of rotatable bonds is 5. The topological polar surface area (TPSA) is 58.6 Å². The van der Waals surface area contributed by atoms with E-state index in [4.69, 9.17) is 16.3 Å². The second-order valence-corrected chi connectivity index (χ2v) is 8.27. The standard InChI is InChI=1S/C17H16ClF3N2O3S/c1-23-5-4-12(9-23)26-16-8-11(2-3-13(16)18)22-27(24,25)17-14(20)6-10(19)7-15(17)21/h2-3,6-8,12,22H,4-5,9H2,1H3. The predicted octanol–water partition coefficient (Wildman–Crippen LogP) is 3.64. The van der Waals surface area contributed by atoms with Gasteiger partial charge in [0.25, 0.3) is 10.0 Å². The number of ether oxygens (including phenoxy) is 1. The summed E-state index contributed by atoms with van der Waals surface area (Å²) < 4.78 is 73.2. The fourth-order valence-corrected chi connectivity index (χ4v) is 4.15. The third-order valence-electron chi connectivity index (χ3n) is 4.06. The minimum Gasteiger partial charge on any atom is -0.487 e. The monoisotopic (exact) mass is 420 g/mol. The number of likely N-dealkylation sites (N-methyl/N-ethyl adjacent to an activating group) is 1. The van der Waals surface area contributed by atoms with Gasteiger partial charge in [0, 0.05) is 31.3 Å². The second kappa shape index (κ2) is 7.57. The Kier molecular flexibility index (Phi) is 5.55. The first kappa shape index (κ1) is 19.8. The minimum atomic E-state index is -4.63. The van der Waals surface area contributed by atoms with Gasteiger partial charge in [-0.05, 0) is 25.6 Å². The molecule has 0 aliphatic carbocycles. The van der Waals surface area contributed by atoms with Crippen molar-refractivity contribution in [2.45, 2.75) is 17.4 Å². The Morgan fingerprint density at radius 1 is 1.19 bits per heavy atom. The van der Waals surface area contributed by atoms with Crippen molar-refractivity contribution in [1.82, 2.24) is 4.90 Å². The molecule has 1 aliphatic heterocycles. The predicted molar refractivity (Wildman–Crippen MR) is 95.1 cm³/mol. The highest BCUT2D eigenvalue weighted by Crippen LogP contribution is 2.31. The van der Waals surface area contributed by atoms with Crippen LogP contribution < -0.4 is 9.46 Å². The van der Waals surface area contributed by atoms with Crippen molar-refractivity contribution >= 4 is 27.3 Å². The van der Waals surface area contributed by atoms with Crippen molar-refractivity contribution in [1.29, 1.82) is 0 Å². The first-order chi connectivity index (χ1) is 12.7. The van der Waals surface area contributed by atoms with Crippen molar-refractivity contribution in [3.05, 3.63) is 52.8 Å². The molecule has 5 nitrogen and oxygen atoms in total. The van der Waals surface area contributed by atoms with E-state index in [-0.39, 0.29) is 22.6 Å². The molecule has 0 aromatic heterocycles. The number of hydrogen-bond acceptors (Lipinski definition) is 4. The lowest BCUT2D eigenvalue weighted by Crippen LogP contribution is -2.21. The average Bonchev–Trinajstić information content (AvgIpc) is 2.94. The molecular formula is C17H16ClF3N2O3S. The quantitative estimate of drug-likeness (QED) is 0.802. The fourth-order valence-electron chi connectivity index (χ4n) is 2.82. The minimum absolute atomic E-state index is 0.00359. The lowest BCUT2D eigenvalue weighted by atomic mass is 10.3. The van der Waals surface area contributed by atoms with Crippen molar-refractivity contribution in [3.63, 3.8) is 0 Å². The molecule has 1 atom stereocenters. The average molecular weight is 421 g/mol. The molecule has 3 rings (SSSR count). The Hall–Kier alpha value is -1.97. The van der Waals surface area contributed by atoms with Gasteiger partial charge in [-0.15, -0.1) is 0 Å². The summed E-state index contributed by atoms with van der Waals surface area (Å²) in [6.07, 6.45) is 0.681. The zero-order valence-corrected chi connectivity index (χ0v) is 15.7. The Labute approximate surface area is 159 Å². The maximum absolute atomic E-state index is 13.8. The SMILES string of the molecule is CN1CCC(Oc2cc(NS(=O)(=O)c3c(F)cc(F)cc3F)ccc2Cl)C1. The van der Waals surface area contributed by atoms with Gasteiger partial charge < -0.3 is 9.64 Å². The highest BCUT2D eigenvalue weighted by atomic mass is 35.5. The molecule has 1 unspecified atom stereocenters. The fraction of sp³-hybridized carbons (Fsp3) is 0.294. The molecule has 0 saturated carbocycles. The molecule has 10 heteroatoms. The van der Waals surface area contributed by atoms with Crippen LogP contribution >= 0.6 is 11.6 Å². The number of nitrogens with zero attached hydrogens (tertiary/aromatic N) is 1. The van der Waals surface area contributed by atoms with Gasteiger partial charge in [0.2, 0.25) is 0 Å². The molecule has 27 heavy (non-hydrogen) atoms. The number of nitrogens with one attached hydrogen (secondary N) is 1. The van der Waals surface area contributed by atoms with Gasteiger partial charge in [0.05, 0.1) is 10.7 Å². The zero-order valence-electron chi connectivity index (χ0n) is 14.2. The van der Waals surface area contributed by atoms with Crippen LogP contribution in [0.1, 0.15) is 6.42 Å². The van der Waals surface area contributed by atoms with Crippen LogP contribution in [0, 0.1) is 17.5 Å². The Morgan fingerprint density at radius 2 is 1.85 bits per heavy atom. The number of likely N-dealkylation sites (tertiary alicyclic amines) is 1. The highest BCUT2D eigenvalue weighted by molar-refractivity contribution is 7.92. The van der Waals surface area contributed by atoms with Crippen LogP contribution in [0.4, 0.5) is 18.9 Å². The van der Waals surface area contributed by atoms with Crippen molar-refractivity contribution in [2.75, 3.05) is 24.9 Å². The number of hydrogen-bond donors (Lipinski definition) is 1. The van der Waals surface area contributed by atoms with E-state index in [9.17, 15) is 21.6 Å². The Balaban J connectivity index is 1.86. The van der Waals surface area contributed by atoms with Gasteiger partial charge in [-0.2, -0.15) is 0 Å². The van der Waals surface area contributed by atoms with Crippen LogP contribution in [0.5, 0.6) is 5.75 Å². The number of benzene rings is 2. The van der Waals surface area contributed by atoms with E-state index in [1.165, 1.54) is 18.2 Å². The summed E-state index contributed by atoms with van der Waals surface area (Å²) in [7, 11) is -2.68. The smallest absolute Gasteiger partial charge is 0.267 e. The number of anilines is 1. The number of halogens is 4. The molecule has 0 radical (unpaired) electrons. The van der Waals surface area contributed by atoms with E-state index in [2.05, 4.69) is 9.62 Å². The van der Waals surface area contributed by atoms with Crippen LogP contribution in [0.3, 0.4) is 0 Å². The summed E-state index contributed by atoms with van der Waals surface area (Å²) in [6.45, 7) is 1.55. The van der Waals surface area contributed by atoms with Gasteiger partial charge in [0.1, 0.15) is 29.3 Å². The third-order valence-corrected chi connectivity index (χ3v) is 5.80. The van der Waals surface area contributed by atoms with Crippen LogP contribution in [-0.2, 0) is 10.0 Å². The molecule has 0 spiro atoms. The maximum Gasteiger partial charge on any atom is 0.267 e. The van der Waals surface area contributed by atoms with Crippen LogP contribution in [0.15, 0.2) is 35.2 Å². The van der Waals surface area contributed by atoms with E-state index in [0.29, 0.717) is 18.7 Å². The van der Waals surface area contributed by atoms with Crippen molar-refractivity contribution in [3.8, 4) is 5.75 Å². The molecule has 1 fully saturated rings. The molecule has 0 amide bonds. The molecule has 1 aliphatic rings. The van der Waals surface area contributed by atoms with Gasteiger partial charge >= 0.3 is 0 Å². The third kappa shape index (κ3) is 4.48. The first-order valence-corrected chi connectivity index (χ1v) is 9.84. The van der Waals surface area contributed by atoms with Crippen LogP contribution in [-0.4, -0.2) is 39.6 Å². The van der Waals surface area contributed by atoms with Crippen LogP contribution in [0.2, 0.25) is 5.02 Å². The summed E-state index contributed by atoms with van der Waals surface area (Å²) in [5.74, 6) is -4.02. The van der Waals surface area contributed by atoms with E-state index in [0.717, 1.165) is 13.0 Å². The molecule has 2 aromatic rings. The summed E-state index contributed by atoms with van der Waals surface area (Å²) in [5, 5.41) is 0.270.